The van der Waals surface area contributed by atoms with Gasteiger partial charge in [-0.1, -0.05) is 11.6 Å². The number of halogens is 4. The summed E-state index contributed by atoms with van der Waals surface area (Å²) in [6.07, 6.45) is -6.31. The number of esters is 1. The second-order valence-corrected chi connectivity index (χ2v) is 6.43. The van der Waals surface area contributed by atoms with Crippen molar-refractivity contribution in [1.82, 2.24) is 4.90 Å². The van der Waals surface area contributed by atoms with Crippen LogP contribution >= 0.6 is 11.6 Å². The molecule has 152 valence electrons. The van der Waals surface area contributed by atoms with Crippen molar-refractivity contribution in [3.63, 3.8) is 0 Å². The number of nitrogens with zero attached hydrogens (tertiary/aromatic N) is 1. The molecule has 1 unspecified atom stereocenters. The number of carbonyl (C=O) groups is 4. The number of alkyl halides is 3. The number of amides is 3. The van der Waals surface area contributed by atoms with Gasteiger partial charge in [0.2, 0.25) is 11.8 Å². The lowest BCUT2D eigenvalue weighted by Gasteiger charge is -2.18. The first-order valence-electron chi connectivity index (χ1n) is 8.19. The van der Waals surface area contributed by atoms with E-state index < -0.39 is 47.2 Å². The average Bonchev–Trinajstić information content (AvgIpc) is 2.91. The third-order valence-corrected chi connectivity index (χ3v) is 4.15. The molecule has 1 aliphatic heterocycles. The summed E-state index contributed by atoms with van der Waals surface area (Å²) in [5.74, 6) is -2.64. The molecule has 0 saturated carbocycles. The molecular formula is C17H16ClF3N2O5. The van der Waals surface area contributed by atoms with Gasteiger partial charge in [0.15, 0.2) is 6.10 Å². The van der Waals surface area contributed by atoms with Gasteiger partial charge < -0.3 is 10.1 Å². The summed E-state index contributed by atoms with van der Waals surface area (Å²) in [6.45, 7) is 1.00. The molecule has 3 amide bonds. The molecule has 0 aliphatic carbocycles. The first kappa shape index (κ1) is 21.7. The minimum absolute atomic E-state index is 0.0787. The Balaban J connectivity index is 1.93. The molecule has 1 aromatic carbocycles. The Morgan fingerprint density at radius 2 is 1.86 bits per heavy atom. The van der Waals surface area contributed by atoms with Gasteiger partial charge in [0.25, 0.3) is 5.91 Å². The molecule has 1 atom stereocenters. The van der Waals surface area contributed by atoms with E-state index in [0.717, 1.165) is 11.0 Å². The number of nitrogens with one attached hydrogen (secondary N) is 1. The SMILES string of the molecule is CC(OC(=O)CCN1C(=O)CCC1=O)C(=O)Nc1ccc(Cl)cc1C(F)(F)F. The van der Waals surface area contributed by atoms with Crippen LogP contribution in [0.25, 0.3) is 0 Å². The van der Waals surface area contributed by atoms with Crippen molar-refractivity contribution in [2.24, 2.45) is 0 Å². The van der Waals surface area contributed by atoms with E-state index >= 15 is 0 Å². The standard InChI is InChI=1S/C17H16ClF3N2O5/c1-9(28-15(26)6-7-23-13(24)4-5-14(23)25)16(27)22-12-3-2-10(18)8-11(12)17(19,20)21/h2-3,8-9H,4-7H2,1H3,(H,22,27). The molecule has 1 heterocycles. The smallest absolute Gasteiger partial charge is 0.418 e. The minimum Gasteiger partial charge on any atom is -0.452 e. The number of carbonyl (C=O) groups excluding carboxylic acids is 4. The normalized spacial score (nSPS) is 15.5. The molecule has 0 radical (unpaired) electrons. The Labute approximate surface area is 162 Å². The second kappa shape index (κ2) is 8.59. The lowest BCUT2D eigenvalue weighted by Crippen LogP contribution is -2.34. The fourth-order valence-corrected chi connectivity index (χ4v) is 2.65. The summed E-state index contributed by atoms with van der Waals surface area (Å²) in [4.78, 5) is 47.7. The highest BCUT2D eigenvalue weighted by atomic mass is 35.5. The summed E-state index contributed by atoms with van der Waals surface area (Å²) in [7, 11) is 0. The molecule has 0 spiro atoms. The first-order chi connectivity index (χ1) is 13.0. The Morgan fingerprint density at radius 3 is 2.43 bits per heavy atom. The van der Waals surface area contributed by atoms with E-state index in [-0.39, 0.29) is 30.8 Å². The topological polar surface area (TPSA) is 92.8 Å². The average molecular weight is 421 g/mol. The number of hydrogen-bond donors (Lipinski definition) is 1. The molecule has 0 bridgehead atoms. The zero-order valence-corrected chi connectivity index (χ0v) is 15.4. The molecule has 0 aromatic heterocycles. The van der Waals surface area contributed by atoms with Gasteiger partial charge in [-0.15, -0.1) is 0 Å². The van der Waals surface area contributed by atoms with Crippen LogP contribution < -0.4 is 5.32 Å². The molecule has 1 N–H and O–H groups in total. The fraction of sp³-hybridized carbons (Fsp3) is 0.412. The van der Waals surface area contributed by atoms with Crippen molar-refractivity contribution in [3.8, 4) is 0 Å². The van der Waals surface area contributed by atoms with Crippen LogP contribution in [-0.2, 0) is 30.1 Å². The Bertz CT molecular complexity index is 796. The van der Waals surface area contributed by atoms with Gasteiger partial charge in [0, 0.05) is 24.4 Å². The van der Waals surface area contributed by atoms with E-state index in [1.165, 1.54) is 13.0 Å². The van der Waals surface area contributed by atoms with Crippen molar-refractivity contribution >= 4 is 41.0 Å². The number of rotatable bonds is 6. The van der Waals surface area contributed by atoms with Gasteiger partial charge in [-0.3, -0.25) is 24.1 Å². The highest BCUT2D eigenvalue weighted by Gasteiger charge is 2.35. The lowest BCUT2D eigenvalue weighted by atomic mass is 10.1. The fourth-order valence-electron chi connectivity index (χ4n) is 2.48. The van der Waals surface area contributed by atoms with Gasteiger partial charge >= 0.3 is 12.1 Å². The maximum absolute atomic E-state index is 13.0. The van der Waals surface area contributed by atoms with Crippen LogP contribution in [0.2, 0.25) is 5.02 Å². The summed E-state index contributed by atoms with van der Waals surface area (Å²) in [6, 6.07) is 2.83. The zero-order valence-electron chi connectivity index (χ0n) is 14.6. The Hall–Kier alpha value is -2.62. The largest absolute Gasteiger partial charge is 0.452 e. The van der Waals surface area contributed by atoms with Gasteiger partial charge in [-0.25, -0.2) is 0 Å². The number of likely N-dealkylation sites (tertiary alicyclic amines) is 1. The van der Waals surface area contributed by atoms with Crippen molar-refractivity contribution in [2.75, 3.05) is 11.9 Å². The maximum atomic E-state index is 13.0. The third-order valence-electron chi connectivity index (χ3n) is 3.92. The van der Waals surface area contributed by atoms with Crippen LogP contribution in [0.1, 0.15) is 31.7 Å². The molecule has 1 aromatic rings. The van der Waals surface area contributed by atoms with Crippen LogP contribution in [0.4, 0.5) is 18.9 Å². The summed E-state index contributed by atoms with van der Waals surface area (Å²) >= 11 is 5.57. The Kier molecular flexibility index (Phi) is 6.65. The van der Waals surface area contributed by atoms with E-state index in [1.807, 2.05) is 5.32 Å². The number of hydrogen-bond acceptors (Lipinski definition) is 5. The number of anilines is 1. The van der Waals surface area contributed by atoms with Crippen molar-refractivity contribution in [2.45, 2.75) is 38.5 Å². The number of benzene rings is 1. The quantitative estimate of drug-likeness (QED) is 0.564. The van der Waals surface area contributed by atoms with Crippen molar-refractivity contribution < 1.29 is 37.1 Å². The van der Waals surface area contributed by atoms with Crippen LogP contribution in [-0.4, -0.2) is 41.2 Å². The number of imide groups is 1. The molecule has 2 rings (SSSR count). The monoisotopic (exact) mass is 420 g/mol. The second-order valence-electron chi connectivity index (χ2n) is 6.00. The van der Waals surface area contributed by atoms with Gasteiger partial charge in [0.05, 0.1) is 17.7 Å². The van der Waals surface area contributed by atoms with E-state index in [0.29, 0.717) is 6.07 Å². The zero-order chi connectivity index (χ0) is 21.1. The molecule has 1 aliphatic rings. The molecule has 11 heteroatoms. The predicted octanol–water partition coefficient (Wildman–Crippen LogP) is 2.77. The minimum atomic E-state index is -4.75. The van der Waals surface area contributed by atoms with Crippen LogP contribution in [0.15, 0.2) is 18.2 Å². The highest BCUT2D eigenvalue weighted by Crippen LogP contribution is 2.36. The van der Waals surface area contributed by atoms with E-state index in [9.17, 15) is 32.3 Å². The molecule has 1 fully saturated rings. The summed E-state index contributed by atoms with van der Waals surface area (Å²) in [5.41, 5.74) is -1.67. The van der Waals surface area contributed by atoms with Crippen LogP contribution in [0, 0.1) is 0 Å². The number of ether oxygens (including phenoxy) is 1. The van der Waals surface area contributed by atoms with Crippen LogP contribution in [0.5, 0.6) is 0 Å². The first-order valence-corrected chi connectivity index (χ1v) is 8.57. The predicted molar refractivity (Wildman–Crippen MR) is 91.2 cm³/mol. The van der Waals surface area contributed by atoms with Crippen molar-refractivity contribution in [1.29, 1.82) is 0 Å². The summed E-state index contributed by atoms with van der Waals surface area (Å²) in [5, 5.41) is 1.89. The van der Waals surface area contributed by atoms with Crippen molar-refractivity contribution in [3.05, 3.63) is 28.8 Å². The van der Waals surface area contributed by atoms with Gasteiger partial charge in [0.1, 0.15) is 0 Å². The molecule has 7 nitrogen and oxygen atoms in total. The molecule has 1 saturated heterocycles. The Morgan fingerprint density at radius 1 is 1.25 bits per heavy atom. The third kappa shape index (κ3) is 5.44. The van der Waals surface area contributed by atoms with E-state index in [1.54, 1.807) is 0 Å². The van der Waals surface area contributed by atoms with Gasteiger partial charge in [-0.05, 0) is 25.1 Å². The van der Waals surface area contributed by atoms with E-state index in [2.05, 4.69) is 0 Å². The summed E-state index contributed by atoms with van der Waals surface area (Å²) < 4.78 is 44.0. The molecular weight excluding hydrogens is 405 g/mol. The maximum Gasteiger partial charge on any atom is 0.418 e. The lowest BCUT2D eigenvalue weighted by molar-refractivity contribution is -0.154. The molecule has 28 heavy (non-hydrogen) atoms. The van der Waals surface area contributed by atoms with Crippen LogP contribution in [0.3, 0.4) is 0 Å². The van der Waals surface area contributed by atoms with Gasteiger partial charge in [-0.2, -0.15) is 13.2 Å². The highest BCUT2D eigenvalue weighted by molar-refractivity contribution is 6.30. The van der Waals surface area contributed by atoms with E-state index in [4.69, 9.17) is 16.3 Å².